The van der Waals surface area contributed by atoms with Gasteiger partial charge in [0.05, 0.1) is 16.4 Å². The molecule has 1 aromatic heterocycles. The molecule has 6 heteroatoms. The van der Waals surface area contributed by atoms with Crippen LogP contribution in [0.3, 0.4) is 0 Å². The van der Waals surface area contributed by atoms with Crippen molar-refractivity contribution in [1.82, 2.24) is 20.2 Å². The Labute approximate surface area is 111 Å². The van der Waals surface area contributed by atoms with Crippen LogP contribution < -0.4 is 5.32 Å². The molecule has 0 aliphatic rings. The van der Waals surface area contributed by atoms with E-state index in [1.165, 1.54) is 0 Å². The van der Waals surface area contributed by atoms with E-state index in [1.807, 2.05) is 18.2 Å². The highest BCUT2D eigenvalue weighted by atomic mass is 35.5. The second-order valence-electron chi connectivity index (χ2n) is 4.25. The maximum absolute atomic E-state index is 6.18. The fourth-order valence-electron chi connectivity index (χ4n) is 1.82. The molecule has 0 aliphatic carbocycles. The largest absolute Gasteiger partial charge is 0.381 e. The summed E-state index contributed by atoms with van der Waals surface area (Å²) in [6.07, 6.45) is 3.80. The zero-order chi connectivity index (χ0) is 13.0. The van der Waals surface area contributed by atoms with Crippen molar-refractivity contribution in [3.05, 3.63) is 29.5 Å². The van der Waals surface area contributed by atoms with Gasteiger partial charge in [0.1, 0.15) is 6.33 Å². The van der Waals surface area contributed by atoms with E-state index in [2.05, 4.69) is 34.7 Å². The summed E-state index contributed by atoms with van der Waals surface area (Å²) in [5.41, 5.74) is 1.79. The number of tetrazole rings is 1. The van der Waals surface area contributed by atoms with Crippen molar-refractivity contribution in [1.29, 1.82) is 0 Å². The zero-order valence-electron chi connectivity index (χ0n) is 10.5. The van der Waals surface area contributed by atoms with Crippen LogP contribution in [0.2, 0.25) is 5.02 Å². The lowest BCUT2D eigenvalue weighted by Crippen LogP contribution is -2.15. The van der Waals surface area contributed by atoms with E-state index in [-0.39, 0.29) is 0 Å². The van der Waals surface area contributed by atoms with Gasteiger partial charge >= 0.3 is 0 Å². The summed E-state index contributed by atoms with van der Waals surface area (Å²) in [7, 11) is 0. The summed E-state index contributed by atoms with van der Waals surface area (Å²) in [4.78, 5) is 0. The topological polar surface area (TPSA) is 55.6 Å². The molecule has 18 heavy (non-hydrogen) atoms. The van der Waals surface area contributed by atoms with E-state index in [1.54, 1.807) is 11.0 Å². The molecule has 0 fully saturated rings. The van der Waals surface area contributed by atoms with Crippen molar-refractivity contribution in [2.24, 2.45) is 0 Å². The lowest BCUT2D eigenvalue weighted by molar-refractivity contribution is 0.690. The summed E-state index contributed by atoms with van der Waals surface area (Å²) >= 11 is 6.18. The Morgan fingerprint density at radius 3 is 2.94 bits per heavy atom. The molecule has 0 bridgehead atoms. The summed E-state index contributed by atoms with van der Waals surface area (Å²) in [6.45, 7) is 4.31. The predicted molar refractivity (Wildman–Crippen MR) is 72.2 cm³/mol. The highest BCUT2D eigenvalue weighted by molar-refractivity contribution is 6.33. The average Bonchev–Trinajstić information content (AvgIpc) is 2.86. The molecule has 0 aliphatic heterocycles. The summed E-state index contributed by atoms with van der Waals surface area (Å²) in [5, 5.41) is 15.2. The molecular formula is C12H16ClN5. The number of hydrogen-bond acceptors (Lipinski definition) is 4. The number of hydrogen-bond donors (Lipinski definition) is 1. The third-order valence-electron chi connectivity index (χ3n) is 2.69. The molecule has 1 heterocycles. The second-order valence-corrected chi connectivity index (χ2v) is 4.66. The second kappa shape index (κ2) is 5.82. The summed E-state index contributed by atoms with van der Waals surface area (Å²) in [5.74, 6) is 0. The lowest BCUT2D eigenvalue weighted by Gasteiger charge is -2.16. The minimum Gasteiger partial charge on any atom is -0.381 e. The fourth-order valence-corrected chi connectivity index (χ4v) is 1.99. The van der Waals surface area contributed by atoms with Crippen molar-refractivity contribution in [3.8, 4) is 5.69 Å². The van der Waals surface area contributed by atoms with Gasteiger partial charge < -0.3 is 5.32 Å². The number of rotatable bonds is 5. The quantitative estimate of drug-likeness (QED) is 0.903. The molecule has 1 N–H and O–H groups in total. The molecule has 0 radical (unpaired) electrons. The van der Waals surface area contributed by atoms with Crippen LogP contribution in [0.4, 0.5) is 5.69 Å². The van der Waals surface area contributed by atoms with Crippen LogP contribution in [0.15, 0.2) is 24.5 Å². The van der Waals surface area contributed by atoms with E-state index >= 15 is 0 Å². The van der Waals surface area contributed by atoms with Gasteiger partial charge in [-0.2, -0.15) is 0 Å². The third-order valence-corrected chi connectivity index (χ3v) is 3.02. The number of nitrogens with zero attached hydrogens (tertiary/aromatic N) is 4. The van der Waals surface area contributed by atoms with Gasteiger partial charge in [-0.1, -0.05) is 24.9 Å². The van der Waals surface area contributed by atoms with Gasteiger partial charge in [0.2, 0.25) is 0 Å². The van der Waals surface area contributed by atoms with E-state index in [4.69, 9.17) is 11.6 Å². The number of halogens is 1. The van der Waals surface area contributed by atoms with E-state index in [0.717, 1.165) is 24.2 Å². The van der Waals surface area contributed by atoms with Gasteiger partial charge in [0.25, 0.3) is 0 Å². The molecule has 0 saturated carbocycles. The molecule has 0 amide bonds. The minimum atomic E-state index is 0.386. The molecule has 1 unspecified atom stereocenters. The number of benzene rings is 1. The zero-order valence-corrected chi connectivity index (χ0v) is 11.2. The SMILES string of the molecule is CCCC(C)Nc1cc(-n2cnnn2)ccc1Cl. The van der Waals surface area contributed by atoms with E-state index < -0.39 is 0 Å². The van der Waals surface area contributed by atoms with Crippen LogP contribution >= 0.6 is 11.6 Å². The number of nitrogens with one attached hydrogen (secondary N) is 1. The molecule has 96 valence electrons. The molecule has 2 aromatic rings. The fraction of sp³-hybridized carbons (Fsp3) is 0.417. The van der Waals surface area contributed by atoms with Crippen molar-refractivity contribution in [2.45, 2.75) is 32.7 Å². The summed E-state index contributed by atoms with van der Waals surface area (Å²) in [6, 6.07) is 6.07. The average molecular weight is 266 g/mol. The molecular weight excluding hydrogens is 250 g/mol. The van der Waals surface area contributed by atoms with Crippen molar-refractivity contribution in [2.75, 3.05) is 5.32 Å². The number of aromatic nitrogens is 4. The molecule has 1 aromatic carbocycles. The van der Waals surface area contributed by atoms with Gasteiger partial charge in [-0.25, -0.2) is 4.68 Å². The Balaban J connectivity index is 2.22. The monoisotopic (exact) mass is 265 g/mol. The number of anilines is 1. The summed E-state index contributed by atoms with van der Waals surface area (Å²) < 4.78 is 1.60. The van der Waals surface area contributed by atoms with Crippen LogP contribution in [0.5, 0.6) is 0 Å². The molecule has 1 atom stereocenters. The van der Waals surface area contributed by atoms with Crippen molar-refractivity contribution >= 4 is 17.3 Å². The van der Waals surface area contributed by atoms with E-state index in [0.29, 0.717) is 11.1 Å². The first-order valence-corrected chi connectivity index (χ1v) is 6.38. The first kappa shape index (κ1) is 12.8. The first-order chi connectivity index (χ1) is 8.70. The van der Waals surface area contributed by atoms with Crippen molar-refractivity contribution in [3.63, 3.8) is 0 Å². The maximum Gasteiger partial charge on any atom is 0.143 e. The van der Waals surface area contributed by atoms with Crippen LogP contribution in [0.25, 0.3) is 5.69 Å². The van der Waals surface area contributed by atoms with Crippen LogP contribution in [0.1, 0.15) is 26.7 Å². The highest BCUT2D eigenvalue weighted by Gasteiger charge is 2.07. The van der Waals surface area contributed by atoms with Crippen LogP contribution in [0, 0.1) is 0 Å². The van der Waals surface area contributed by atoms with Gasteiger partial charge in [-0.05, 0) is 42.0 Å². The Hall–Kier alpha value is -1.62. The highest BCUT2D eigenvalue weighted by Crippen LogP contribution is 2.25. The molecule has 0 spiro atoms. The minimum absolute atomic E-state index is 0.386. The first-order valence-electron chi connectivity index (χ1n) is 6.00. The molecule has 5 nitrogen and oxygen atoms in total. The standard InChI is InChI=1S/C12H16ClN5/c1-3-4-9(2)15-12-7-10(5-6-11(12)13)18-8-14-16-17-18/h5-9,15H,3-4H2,1-2H3. The van der Waals surface area contributed by atoms with Crippen LogP contribution in [-0.4, -0.2) is 26.2 Å². The maximum atomic E-state index is 6.18. The van der Waals surface area contributed by atoms with Gasteiger partial charge in [-0.15, -0.1) is 5.10 Å². The van der Waals surface area contributed by atoms with Crippen LogP contribution in [-0.2, 0) is 0 Å². The Morgan fingerprint density at radius 1 is 1.44 bits per heavy atom. The Bertz CT molecular complexity index is 497. The van der Waals surface area contributed by atoms with Gasteiger partial charge in [0, 0.05) is 6.04 Å². The van der Waals surface area contributed by atoms with Gasteiger partial charge in [-0.3, -0.25) is 0 Å². The van der Waals surface area contributed by atoms with E-state index in [9.17, 15) is 0 Å². The Morgan fingerprint density at radius 2 is 2.28 bits per heavy atom. The molecule has 0 saturated heterocycles. The lowest BCUT2D eigenvalue weighted by atomic mass is 10.2. The smallest absolute Gasteiger partial charge is 0.143 e. The third kappa shape index (κ3) is 2.98. The Kier molecular flexibility index (Phi) is 4.15. The predicted octanol–water partition coefficient (Wildman–Crippen LogP) is 2.92. The van der Waals surface area contributed by atoms with Gasteiger partial charge in [0.15, 0.2) is 0 Å². The molecule has 2 rings (SSSR count). The van der Waals surface area contributed by atoms with Crippen molar-refractivity contribution < 1.29 is 0 Å². The normalized spacial score (nSPS) is 12.4.